The summed E-state index contributed by atoms with van der Waals surface area (Å²) in [6.45, 7) is 11.2. The molecule has 0 bridgehead atoms. The van der Waals surface area contributed by atoms with E-state index in [2.05, 4.69) is 45.1 Å². The molecule has 2 N–H and O–H groups in total. The number of fused-ring (bicyclic) bond motifs is 1. The number of benzene rings is 1. The summed E-state index contributed by atoms with van der Waals surface area (Å²) in [4.78, 5) is 15.7. The van der Waals surface area contributed by atoms with E-state index >= 15 is 0 Å². The lowest BCUT2D eigenvalue weighted by atomic mass is 9.91. The Morgan fingerprint density at radius 3 is 2.62 bits per heavy atom. The molecule has 1 aliphatic heterocycles. The van der Waals surface area contributed by atoms with Gasteiger partial charge in [0.2, 0.25) is 0 Å². The Hall–Kier alpha value is -2.28. The van der Waals surface area contributed by atoms with E-state index in [0.29, 0.717) is 22.8 Å². The molecule has 3 aromatic rings. The van der Waals surface area contributed by atoms with Gasteiger partial charge in [-0.1, -0.05) is 24.6 Å². The van der Waals surface area contributed by atoms with E-state index in [-0.39, 0.29) is 0 Å². The first-order valence-corrected chi connectivity index (χ1v) is 11.8. The molecule has 0 unspecified atom stereocenters. The van der Waals surface area contributed by atoms with Gasteiger partial charge in [-0.15, -0.1) is 0 Å². The molecule has 0 saturated carbocycles. The fraction of sp³-hybridized carbons (Fsp3) is 0.480. The van der Waals surface area contributed by atoms with Crippen molar-refractivity contribution in [2.45, 2.75) is 52.2 Å². The normalized spacial score (nSPS) is 18.6. The van der Waals surface area contributed by atoms with Crippen LogP contribution in [-0.4, -0.2) is 50.6 Å². The zero-order chi connectivity index (χ0) is 22.9. The fourth-order valence-corrected chi connectivity index (χ4v) is 4.62. The van der Waals surface area contributed by atoms with Crippen molar-refractivity contribution < 1.29 is 5.11 Å². The van der Waals surface area contributed by atoms with E-state index in [1.807, 2.05) is 12.1 Å². The summed E-state index contributed by atoms with van der Waals surface area (Å²) >= 11 is 6.62. The Morgan fingerprint density at radius 1 is 1.19 bits per heavy atom. The van der Waals surface area contributed by atoms with Gasteiger partial charge >= 0.3 is 0 Å². The van der Waals surface area contributed by atoms with Crippen LogP contribution in [0, 0.1) is 5.92 Å². The summed E-state index contributed by atoms with van der Waals surface area (Å²) in [7, 11) is 0. The van der Waals surface area contributed by atoms with E-state index in [9.17, 15) is 5.11 Å². The van der Waals surface area contributed by atoms with Crippen LogP contribution in [-0.2, 0) is 5.60 Å². The predicted molar refractivity (Wildman–Crippen MR) is 131 cm³/mol. The molecule has 1 aromatic carbocycles. The van der Waals surface area contributed by atoms with Crippen molar-refractivity contribution in [1.82, 2.24) is 19.9 Å². The molecule has 2 atom stereocenters. The second-order valence-corrected chi connectivity index (χ2v) is 9.70. The summed E-state index contributed by atoms with van der Waals surface area (Å²) in [5, 5.41) is 15.4. The van der Waals surface area contributed by atoms with Crippen molar-refractivity contribution in [3.63, 3.8) is 0 Å². The first kappa shape index (κ1) is 22.9. The van der Waals surface area contributed by atoms with E-state index in [1.54, 1.807) is 32.4 Å². The standard InChI is InChI=1S/C25H32ClN5O/c1-5-31-10-6-7-18(15-31)16(2)30-23-20-11-17(8-9-22(20)27-14-21(23)26)19-12-28-24(29-13-19)25(3,4)32/h8-9,11-14,16,18,32H,5-7,10,15H2,1-4H3,(H,27,30)/t16-,18-/m0/s1. The third-order valence-electron chi connectivity index (χ3n) is 6.42. The highest BCUT2D eigenvalue weighted by molar-refractivity contribution is 6.34. The smallest absolute Gasteiger partial charge is 0.159 e. The predicted octanol–water partition coefficient (Wildman–Crippen LogP) is 5.10. The van der Waals surface area contributed by atoms with Gasteiger partial charge in [-0.3, -0.25) is 4.98 Å². The molecule has 1 saturated heterocycles. The average molecular weight is 454 g/mol. The molecular formula is C25H32ClN5O. The zero-order valence-electron chi connectivity index (χ0n) is 19.3. The minimum Gasteiger partial charge on any atom is -0.382 e. The number of anilines is 1. The monoisotopic (exact) mass is 453 g/mol. The van der Waals surface area contributed by atoms with Crippen LogP contribution in [0.3, 0.4) is 0 Å². The van der Waals surface area contributed by atoms with Crippen LogP contribution >= 0.6 is 11.6 Å². The van der Waals surface area contributed by atoms with Crippen molar-refractivity contribution in [1.29, 1.82) is 0 Å². The highest BCUT2D eigenvalue weighted by Crippen LogP contribution is 2.34. The molecule has 32 heavy (non-hydrogen) atoms. The number of hydrogen-bond donors (Lipinski definition) is 2. The molecule has 0 spiro atoms. The van der Waals surface area contributed by atoms with E-state index in [0.717, 1.165) is 40.8 Å². The van der Waals surface area contributed by atoms with Crippen LogP contribution in [0.15, 0.2) is 36.8 Å². The third-order valence-corrected chi connectivity index (χ3v) is 6.71. The van der Waals surface area contributed by atoms with Gasteiger partial charge in [-0.25, -0.2) is 9.97 Å². The van der Waals surface area contributed by atoms with Gasteiger partial charge in [0, 0.05) is 42.1 Å². The van der Waals surface area contributed by atoms with Gasteiger partial charge in [0.25, 0.3) is 0 Å². The zero-order valence-corrected chi connectivity index (χ0v) is 20.0. The largest absolute Gasteiger partial charge is 0.382 e. The molecule has 4 rings (SSSR count). The lowest BCUT2D eigenvalue weighted by molar-refractivity contribution is 0.0687. The van der Waals surface area contributed by atoms with Crippen LogP contribution in [0.4, 0.5) is 5.69 Å². The molecule has 170 valence electrons. The summed E-state index contributed by atoms with van der Waals surface area (Å²) in [6, 6.07) is 6.40. The molecule has 0 radical (unpaired) electrons. The Morgan fingerprint density at radius 2 is 1.94 bits per heavy atom. The Labute approximate surface area is 195 Å². The molecule has 0 aliphatic carbocycles. The second kappa shape index (κ2) is 9.30. The van der Waals surface area contributed by atoms with Crippen molar-refractivity contribution in [3.8, 4) is 11.1 Å². The van der Waals surface area contributed by atoms with Crippen molar-refractivity contribution in [2.24, 2.45) is 5.92 Å². The van der Waals surface area contributed by atoms with Gasteiger partial charge in [0.15, 0.2) is 5.82 Å². The van der Waals surface area contributed by atoms with E-state index in [4.69, 9.17) is 11.6 Å². The molecule has 0 amide bonds. The topological polar surface area (TPSA) is 74.2 Å². The first-order chi connectivity index (χ1) is 15.3. The molecule has 3 heterocycles. The van der Waals surface area contributed by atoms with Crippen molar-refractivity contribution in [3.05, 3.63) is 47.6 Å². The Kier molecular flexibility index (Phi) is 6.65. The minimum atomic E-state index is -1.07. The van der Waals surface area contributed by atoms with Gasteiger partial charge in [-0.2, -0.15) is 0 Å². The van der Waals surface area contributed by atoms with Crippen LogP contribution in [0.1, 0.15) is 46.4 Å². The quantitative estimate of drug-likeness (QED) is 0.540. The summed E-state index contributed by atoms with van der Waals surface area (Å²) in [6.07, 6.45) is 7.67. The number of nitrogens with one attached hydrogen (secondary N) is 1. The molecular weight excluding hydrogens is 422 g/mol. The average Bonchev–Trinajstić information content (AvgIpc) is 2.80. The maximum Gasteiger partial charge on any atom is 0.159 e. The third kappa shape index (κ3) is 4.87. The lowest BCUT2D eigenvalue weighted by Crippen LogP contribution is -2.41. The number of nitrogens with zero attached hydrogens (tertiary/aromatic N) is 4. The maximum absolute atomic E-state index is 10.1. The molecule has 1 aliphatic rings. The van der Waals surface area contributed by atoms with E-state index < -0.39 is 5.60 Å². The highest BCUT2D eigenvalue weighted by atomic mass is 35.5. The second-order valence-electron chi connectivity index (χ2n) is 9.30. The summed E-state index contributed by atoms with van der Waals surface area (Å²) in [5.41, 5.74) is 2.60. The number of aliphatic hydroxyl groups is 1. The van der Waals surface area contributed by atoms with Crippen LogP contribution < -0.4 is 5.32 Å². The molecule has 6 nitrogen and oxygen atoms in total. The van der Waals surface area contributed by atoms with Crippen molar-refractivity contribution >= 4 is 28.2 Å². The summed E-state index contributed by atoms with van der Waals surface area (Å²) < 4.78 is 0. The molecule has 7 heteroatoms. The SMILES string of the molecule is CCN1CCC[C@H]([C@H](C)Nc2c(Cl)cnc3ccc(-c4cnc(C(C)(C)O)nc4)cc23)C1. The first-order valence-electron chi connectivity index (χ1n) is 11.4. The number of likely N-dealkylation sites (tertiary alicyclic amines) is 1. The van der Waals surface area contributed by atoms with Crippen LogP contribution in [0.5, 0.6) is 0 Å². The Balaban J connectivity index is 1.65. The fourth-order valence-electron chi connectivity index (χ4n) is 4.42. The van der Waals surface area contributed by atoms with Gasteiger partial charge in [0.05, 0.1) is 16.2 Å². The number of piperidine rings is 1. The number of halogens is 1. The number of rotatable bonds is 6. The minimum absolute atomic E-state index is 0.297. The number of pyridine rings is 1. The lowest BCUT2D eigenvalue weighted by Gasteiger charge is -2.36. The number of aromatic nitrogens is 3. The van der Waals surface area contributed by atoms with Crippen LogP contribution in [0.2, 0.25) is 5.02 Å². The highest BCUT2D eigenvalue weighted by Gasteiger charge is 2.25. The van der Waals surface area contributed by atoms with E-state index in [1.165, 1.54) is 19.4 Å². The maximum atomic E-state index is 10.1. The van der Waals surface area contributed by atoms with Crippen molar-refractivity contribution in [2.75, 3.05) is 25.0 Å². The summed E-state index contributed by atoms with van der Waals surface area (Å²) in [5.74, 6) is 0.977. The molecule has 1 fully saturated rings. The van der Waals surface area contributed by atoms with Gasteiger partial charge < -0.3 is 15.3 Å². The Bertz CT molecular complexity index is 1080. The van der Waals surface area contributed by atoms with Crippen LogP contribution in [0.25, 0.3) is 22.0 Å². The number of hydrogen-bond acceptors (Lipinski definition) is 6. The van der Waals surface area contributed by atoms with Gasteiger partial charge in [-0.05, 0) is 70.3 Å². The van der Waals surface area contributed by atoms with Gasteiger partial charge in [0.1, 0.15) is 5.60 Å². The molecule has 2 aromatic heterocycles.